The minimum Gasteiger partial charge on any atom is -0.394 e. The summed E-state index contributed by atoms with van der Waals surface area (Å²) in [6.07, 6.45) is -3.35. The summed E-state index contributed by atoms with van der Waals surface area (Å²) in [7, 11) is 0. The van der Waals surface area contributed by atoms with Crippen molar-refractivity contribution in [1.29, 1.82) is 0 Å². The summed E-state index contributed by atoms with van der Waals surface area (Å²) in [5.41, 5.74) is 0.622. The van der Waals surface area contributed by atoms with Crippen LogP contribution in [-0.4, -0.2) is 66.5 Å². The number of aliphatic hydroxyl groups excluding tert-OH is 3. The van der Waals surface area contributed by atoms with Gasteiger partial charge in [-0.2, -0.15) is 0 Å². The van der Waals surface area contributed by atoms with Crippen molar-refractivity contribution in [3.8, 4) is 11.4 Å². The first-order valence-corrected chi connectivity index (χ1v) is 10.0. The van der Waals surface area contributed by atoms with Crippen LogP contribution in [0.2, 0.25) is 5.02 Å². The maximum Gasteiger partial charge on any atom is 0.217 e. The fourth-order valence-corrected chi connectivity index (χ4v) is 3.94. The molecule has 2 aromatic rings. The highest BCUT2D eigenvalue weighted by Gasteiger charge is 2.46. The number of hydrogen-bond acceptors (Lipinski definition) is 7. The van der Waals surface area contributed by atoms with Crippen molar-refractivity contribution in [2.24, 2.45) is 0 Å². The summed E-state index contributed by atoms with van der Waals surface area (Å²) >= 11 is 11.9. The number of ether oxygens (including phenoxy) is 1. The van der Waals surface area contributed by atoms with Gasteiger partial charge in [-0.1, -0.05) is 29.8 Å². The highest BCUT2D eigenvalue weighted by Crippen LogP contribution is 2.32. The van der Waals surface area contributed by atoms with E-state index in [9.17, 15) is 20.1 Å². The molecule has 0 aliphatic carbocycles. The Hall–Kier alpha value is -2.08. The number of aliphatic hydroxyl groups is 3. The highest BCUT2D eigenvalue weighted by atomic mass is 35.5. The van der Waals surface area contributed by atoms with Crippen molar-refractivity contribution in [2.75, 3.05) is 6.61 Å². The topological polar surface area (TPSA) is 122 Å². The zero-order valence-corrected chi connectivity index (χ0v) is 17.8. The third-order valence-electron chi connectivity index (χ3n) is 4.82. The predicted molar refractivity (Wildman–Crippen MR) is 112 cm³/mol. The minimum atomic E-state index is -1.42. The molecule has 162 valence electrons. The Morgan fingerprint density at radius 3 is 2.70 bits per heavy atom. The third kappa shape index (κ3) is 4.20. The first-order valence-electron chi connectivity index (χ1n) is 9.24. The Morgan fingerprint density at radius 2 is 2.10 bits per heavy atom. The number of hydrogen-bond donors (Lipinski definition) is 4. The number of allylic oxidation sites excluding steroid dienone is 1. The number of benzene rings is 1. The van der Waals surface area contributed by atoms with Gasteiger partial charge in [0.15, 0.2) is 12.1 Å². The molecule has 9 nitrogen and oxygen atoms in total. The minimum absolute atomic E-state index is 0.227. The molecular formula is C19H23ClN4O5S. The van der Waals surface area contributed by atoms with E-state index >= 15 is 0 Å². The van der Waals surface area contributed by atoms with Gasteiger partial charge in [0, 0.05) is 19.0 Å². The molecule has 1 aromatic heterocycles. The molecular weight excluding hydrogens is 432 g/mol. The molecule has 30 heavy (non-hydrogen) atoms. The molecule has 2 heterocycles. The molecule has 0 saturated carbocycles. The average Bonchev–Trinajstić information content (AvgIpc) is 3.02. The lowest BCUT2D eigenvalue weighted by molar-refractivity contribution is -0.219. The van der Waals surface area contributed by atoms with Gasteiger partial charge in [-0.15, -0.1) is 11.7 Å². The average molecular weight is 455 g/mol. The second kappa shape index (κ2) is 9.38. The van der Waals surface area contributed by atoms with E-state index in [1.807, 2.05) is 0 Å². The van der Waals surface area contributed by atoms with Crippen molar-refractivity contribution in [1.82, 2.24) is 19.7 Å². The summed E-state index contributed by atoms with van der Waals surface area (Å²) < 4.78 is 9.04. The van der Waals surface area contributed by atoms with Crippen LogP contribution >= 0.6 is 23.8 Å². The number of nitrogens with zero attached hydrogens (tertiary/aromatic N) is 3. The Labute approximate surface area is 183 Å². The van der Waals surface area contributed by atoms with Crippen LogP contribution in [0.15, 0.2) is 36.9 Å². The zero-order chi connectivity index (χ0) is 22.0. The molecule has 0 radical (unpaired) electrons. The normalized spacial score (nSPS) is 26.4. The largest absolute Gasteiger partial charge is 0.394 e. The van der Waals surface area contributed by atoms with E-state index in [4.69, 9.17) is 28.6 Å². The van der Waals surface area contributed by atoms with Crippen molar-refractivity contribution in [2.45, 2.75) is 44.1 Å². The molecule has 1 aliphatic heterocycles. The van der Waals surface area contributed by atoms with Crippen LogP contribution in [0.4, 0.5) is 0 Å². The van der Waals surface area contributed by atoms with Crippen molar-refractivity contribution >= 4 is 29.7 Å². The van der Waals surface area contributed by atoms with Crippen molar-refractivity contribution in [3.63, 3.8) is 0 Å². The molecule has 4 N–H and O–H groups in total. The van der Waals surface area contributed by atoms with Crippen molar-refractivity contribution < 1.29 is 24.9 Å². The van der Waals surface area contributed by atoms with Gasteiger partial charge in [0.1, 0.15) is 24.4 Å². The summed E-state index contributed by atoms with van der Waals surface area (Å²) in [6.45, 7) is 4.81. The van der Waals surface area contributed by atoms with E-state index in [1.54, 1.807) is 34.9 Å². The van der Waals surface area contributed by atoms with E-state index < -0.39 is 43.1 Å². The summed E-state index contributed by atoms with van der Waals surface area (Å²) in [6, 6.07) is 6.04. The maximum absolute atomic E-state index is 11.7. The molecule has 0 unspecified atom stereocenters. The van der Waals surface area contributed by atoms with Crippen LogP contribution in [-0.2, 0) is 16.1 Å². The van der Waals surface area contributed by atoms with Crippen LogP contribution < -0.4 is 5.32 Å². The first-order chi connectivity index (χ1) is 14.3. The molecule has 1 fully saturated rings. The van der Waals surface area contributed by atoms with E-state index in [0.717, 1.165) is 0 Å². The molecule has 11 heteroatoms. The number of carbonyl (C=O) groups is 1. The summed E-state index contributed by atoms with van der Waals surface area (Å²) in [5.74, 6) is 0.00232. The van der Waals surface area contributed by atoms with Gasteiger partial charge in [-0.25, -0.2) is 4.68 Å². The first kappa shape index (κ1) is 22.6. The van der Waals surface area contributed by atoms with Crippen LogP contribution in [0.5, 0.6) is 0 Å². The van der Waals surface area contributed by atoms with Gasteiger partial charge in [-0.3, -0.25) is 9.36 Å². The molecule has 0 spiro atoms. The highest BCUT2D eigenvalue weighted by molar-refractivity contribution is 7.71. The SMILES string of the molecule is C=CCn1c(-c2ccccc2Cl)nn([C@@H]2O[C@H](CO)[C@@H](O)[C@H](O)[C@H]2NC(C)=O)c1=S. The number of rotatable bonds is 6. The Kier molecular flexibility index (Phi) is 7.06. The van der Waals surface area contributed by atoms with Gasteiger partial charge in [0.25, 0.3) is 0 Å². The van der Waals surface area contributed by atoms with E-state index in [1.165, 1.54) is 11.6 Å². The lowest BCUT2D eigenvalue weighted by Crippen LogP contribution is -2.62. The van der Waals surface area contributed by atoms with Gasteiger partial charge in [-0.05, 0) is 24.4 Å². The molecule has 1 aromatic carbocycles. The van der Waals surface area contributed by atoms with E-state index in [2.05, 4.69) is 17.0 Å². The summed E-state index contributed by atoms with van der Waals surface area (Å²) in [4.78, 5) is 11.7. The summed E-state index contributed by atoms with van der Waals surface area (Å²) in [5, 5.41) is 38.0. The number of carbonyl (C=O) groups excluding carboxylic acids is 1. The van der Waals surface area contributed by atoms with Gasteiger partial charge >= 0.3 is 0 Å². The van der Waals surface area contributed by atoms with Crippen LogP contribution in [0.1, 0.15) is 13.2 Å². The number of halogens is 1. The second-order valence-electron chi connectivity index (χ2n) is 6.89. The van der Waals surface area contributed by atoms with Crippen LogP contribution in [0.25, 0.3) is 11.4 Å². The monoisotopic (exact) mass is 454 g/mol. The van der Waals surface area contributed by atoms with Crippen molar-refractivity contribution in [3.05, 3.63) is 46.7 Å². The van der Waals surface area contributed by atoms with E-state index in [-0.39, 0.29) is 4.77 Å². The molecule has 0 bridgehead atoms. The maximum atomic E-state index is 11.7. The Bertz CT molecular complexity index is 994. The lowest BCUT2D eigenvalue weighted by atomic mass is 9.96. The third-order valence-corrected chi connectivity index (χ3v) is 5.56. The van der Waals surface area contributed by atoms with Gasteiger partial charge in [0.05, 0.1) is 11.6 Å². The fourth-order valence-electron chi connectivity index (χ4n) is 3.41. The second-order valence-corrected chi connectivity index (χ2v) is 7.66. The standard InChI is InChI=1S/C19H23ClN4O5S/c1-3-8-23-17(11-6-4-5-7-12(11)20)22-24(19(23)30)18-14(21-10(2)26)16(28)15(27)13(9-25)29-18/h3-7,13-16,18,25,27-28H,1,8-9H2,2H3,(H,21,26)/t13-,14-,15-,16-,18-/m1/s1. The Morgan fingerprint density at radius 1 is 1.40 bits per heavy atom. The fraction of sp³-hybridized carbons (Fsp3) is 0.421. The molecule has 1 aliphatic rings. The molecule has 1 amide bonds. The number of nitrogens with one attached hydrogen (secondary N) is 1. The number of aromatic nitrogens is 3. The quantitative estimate of drug-likeness (QED) is 0.380. The van der Waals surface area contributed by atoms with E-state index in [0.29, 0.717) is 23.0 Å². The smallest absolute Gasteiger partial charge is 0.217 e. The zero-order valence-electron chi connectivity index (χ0n) is 16.2. The van der Waals surface area contributed by atoms with Crippen LogP contribution in [0.3, 0.4) is 0 Å². The van der Waals surface area contributed by atoms with Gasteiger partial charge < -0.3 is 25.4 Å². The van der Waals surface area contributed by atoms with Crippen LogP contribution in [0, 0.1) is 4.77 Å². The molecule has 5 atom stereocenters. The molecule has 1 saturated heterocycles. The lowest BCUT2D eigenvalue weighted by Gasteiger charge is -2.42. The predicted octanol–water partition coefficient (Wildman–Crippen LogP) is 1.04. The molecule has 3 rings (SSSR count). The van der Waals surface area contributed by atoms with Gasteiger partial charge in [0.2, 0.25) is 10.7 Å². The Balaban J connectivity index is 2.15. The number of amides is 1.